The highest BCUT2D eigenvalue weighted by molar-refractivity contribution is 9.10. The van der Waals surface area contributed by atoms with Gasteiger partial charge in [0, 0.05) is 13.6 Å². The molecule has 0 saturated carbocycles. The van der Waals surface area contributed by atoms with Crippen molar-refractivity contribution in [3.05, 3.63) is 28.2 Å². The number of amides is 1. The number of phenols is 1. The van der Waals surface area contributed by atoms with Gasteiger partial charge in [0.15, 0.2) is 0 Å². The summed E-state index contributed by atoms with van der Waals surface area (Å²) in [6.45, 7) is 0.614. The molecule has 1 amide bonds. The fraction of sp³-hybridized carbons (Fsp3) is 0.364. The van der Waals surface area contributed by atoms with E-state index in [0.717, 1.165) is 12.0 Å². The van der Waals surface area contributed by atoms with Crippen molar-refractivity contribution in [2.45, 2.75) is 6.42 Å². The predicted molar refractivity (Wildman–Crippen MR) is 67.9 cm³/mol. The summed E-state index contributed by atoms with van der Waals surface area (Å²) in [7, 11) is 1.72. The van der Waals surface area contributed by atoms with Crippen LogP contribution in [0.15, 0.2) is 22.7 Å². The smallest absolute Gasteiger partial charge is 0.237 e. The summed E-state index contributed by atoms with van der Waals surface area (Å²) < 4.78 is 0.663. The summed E-state index contributed by atoms with van der Waals surface area (Å²) in [6, 6.07) is 5.30. The Labute approximate surface area is 108 Å². The molecule has 1 aromatic carbocycles. The molecule has 0 radical (unpaired) electrons. The van der Waals surface area contributed by atoms with Gasteiger partial charge in [0.25, 0.3) is 0 Å². The first-order chi connectivity index (χ1) is 7.54. The number of benzene rings is 1. The molecule has 0 spiro atoms. The molecule has 0 aliphatic carbocycles. The van der Waals surface area contributed by atoms with Crippen molar-refractivity contribution in [2.75, 3.05) is 19.5 Å². The van der Waals surface area contributed by atoms with E-state index in [1.54, 1.807) is 18.0 Å². The average molecular weight is 307 g/mol. The van der Waals surface area contributed by atoms with Gasteiger partial charge in [0.2, 0.25) is 5.91 Å². The Balaban J connectivity index is 2.55. The Hall–Kier alpha value is -0.740. The molecule has 0 heterocycles. The number of nitrogens with zero attached hydrogens (tertiary/aromatic N) is 1. The van der Waals surface area contributed by atoms with Crippen LogP contribution in [0, 0.1) is 0 Å². The molecule has 5 heteroatoms. The molecule has 88 valence electrons. The topological polar surface area (TPSA) is 40.5 Å². The molecule has 0 unspecified atom stereocenters. The summed E-state index contributed by atoms with van der Waals surface area (Å²) in [6.07, 6.45) is 0.734. The normalized spacial score (nSPS) is 10.2. The molecule has 0 aliphatic heterocycles. The van der Waals surface area contributed by atoms with Crippen molar-refractivity contribution < 1.29 is 9.90 Å². The van der Waals surface area contributed by atoms with Crippen LogP contribution in [0.4, 0.5) is 0 Å². The van der Waals surface area contributed by atoms with Crippen LogP contribution in [0.25, 0.3) is 0 Å². The Morgan fingerprint density at radius 2 is 2.25 bits per heavy atom. The molecule has 1 rings (SSSR count). The van der Waals surface area contributed by atoms with Crippen molar-refractivity contribution >= 4 is 33.4 Å². The van der Waals surface area contributed by atoms with E-state index >= 15 is 0 Å². The van der Waals surface area contributed by atoms with Gasteiger partial charge in [0.05, 0.1) is 4.47 Å². The molecule has 0 fully saturated rings. The largest absolute Gasteiger partial charge is 0.507 e. The number of likely N-dealkylation sites (N-methyl/N-ethyl adjacent to an activating group) is 1. The number of hydrogen-bond donors (Lipinski definition) is 1. The summed E-state index contributed by atoms with van der Waals surface area (Å²) in [4.78, 5) is 12.8. The SMILES string of the molecule is CN(CCc1ccc(O)c(Br)c1)C(=O)CCl. The Bertz CT molecular complexity index is 384. The maximum absolute atomic E-state index is 11.2. The van der Waals surface area contributed by atoms with Crippen LogP contribution in [0.3, 0.4) is 0 Å². The zero-order valence-electron chi connectivity index (χ0n) is 8.91. The van der Waals surface area contributed by atoms with Gasteiger partial charge in [-0.3, -0.25) is 4.79 Å². The number of alkyl halides is 1. The molecule has 0 aromatic heterocycles. The lowest BCUT2D eigenvalue weighted by Gasteiger charge is -2.15. The molecule has 3 nitrogen and oxygen atoms in total. The van der Waals surface area contributed by atoms with E-state index in [2.05, 4.69) is 15.9 Å². The maximum Gasteiger partial charge on any atom is 0.237 e. The Morgan fingerprint density at radius 3 is 2.81 bits per heavy atom. The van der Waals surface area contributed by atoms with Crippen LogP contribution in [-0.2, 0) is 11.2 Å². The highest BCUT2D eigenvalue weighted by Gasteiger charge is 2.07. The van der Waals surface area contributed by atoms with Gasteiger partial charge in [-0.1, -0.05) is 6.07 Å². The molecule has 0 saturated heterocycles. The van der Waals surface area contributed by atoms with Gasteiger partial charge in [-0.05, 0) is 40.0 Å². The van der Waals surface area contributed by atoms with Crippen LogP contribution < -0.4 is 0 Å². The first kappa shape index (κ1) is 13.3. The minimum absolute atomic E-state index is 0.00969. The van der Waals surface area contributed by atoms with Crippen LogP contribution in [-0.4, -0.2) is 35.4 Å². The van der Waals surface area contributed by atoms with Gasteiger partial charge in [-0.15, -0.1) is 11.6 Å². The molecule has 1 aromatic rings. The van der Waals surface area contributed by atoms with E-state index in [1.165, 1.54) is 0 Å². The number of carbonyl (C=O) groups excluding carboxylic acids is 1. The van der Waals surface area contributed by atoms with Gasteiger partial charge in [-0.25, -0.2) is 0 Å². The molecular formula is C11H13BrClNO2. The van der Waals surface area contributed by atoms with Crippen LogP contribution in [0.5, 0.6) is 5.75 Å². The lowest BCUT2D eigenvalue weighted by atomic mass is 10.1. The minimum atomic E-state index is -0.0838. The van der Waals surface area contributed by atoms with Gasteiger partial charge < -0.3 is 10.0 Å². The summed E-state index contributed by atoms with van der Waals surface area (Å²) in [5, 5.41) is 9.32. The Morgan fingerprint density at radius 1 is 1.56 bits per heavy atom. The van der Waals surface area contributed by atoms with E-state index in [1.807, 2.05) is 12.1 Å². The molecular weight excluding hydrogens is 293 g/mol. The van der Waals surface area contributed by atoms with E-state index in [9.17, 15) is 9.90 Å². The number of halogens is 2. The second kappa shape index (κ2) is 6.11. The maximum atomic E-state index is 11.2. The van der Waals surface area contributed by atoms with Gasteiger partial charge in [0.1, 0.15) is 11.6 Å². The lowest BCUT2D eigenvalue weighted by Crippen LogP contribution is -2.29. The summed E-state index contributed by atoms with van der Waals surface area (Å²) in [5.41, 5.74) is 1.05. The van der Waals surface area contributed by atoms with Gasteiger partial charge >= 0.3 is 0 Å². The van der Waals surface area contributed by atoms with Crippen LogP contribution in [0.1, 0.15) is 5.56 Å². The first-order valence-corrected chi connectivity index (χ1v) is 6.14. The number of phenolic OH excluding ortho intramolecular Hbond substituents is 1. The Kier molecular flexibility index (Phi) is 5.09. The predicted octanol–water partition coefficient (Wildman–Crippen LogP) is 2.39. The monoisotopic (exact) mass is 305 g/mol. The second-order valence-corrected chi connectivity index (χ2v) is 4.61. The third-order valence-corrected chi connectivity index (χ3v) is 3.15. The molecule has 0 bridgehead atoms. The van der Waals surface area contributed by atoms with E-state index in [0.29, 0.717) is 11.0 Å². The minimum Gasteiger partial charge on any atom is -0.507 e. The third kappa shape index (κ3) is 3.68. The van der Waals surface area contributed by atoms with Crippen molar-refractivity contribution in [3.63, 3.8) is 0 Å². The number of carbonyl (C=O) groups is 1. The first-order valence-electron chi connectivity index (χ1n) is 4.82. The molecule has 16 heavy (non-hydrogen) atoms. The van der Waals surface area contributed by atoms with Crippen molar-refractivity contribution in [3.8, 4) is 5.75 Å². The fourth-order valence-corrected chi connectivity index (χ4v) is 1.86. The second-order valence-electron chi connectivity index (χ2n) is 3.48. The van der Waals surface area contributed by atoms with E-state index in [-0.39, 0.29) is 17.5 Å². The molecule has 1 N–H and O–H groups in total. The quantitative estimate of drug-likeness (QED) is 0.868. The zero-order valence-corrected chi connectivity index (χ0v) is 11.3. The van der Waals surface area contributed by atoms with Gasteiger partial charge in [-0.2, -0.15) is 0 Å². The zero-order chi connectivity index (χ0) is 12.1. The van der Waals surface area contributed by atoms with E-state index in [4.69, 9.17) is 11.6 Å². The molecule has 0 atom stereocenters. The van der Waals surface area contributed by atoms with Crippen LogP contribution >= 0.6 is 27.5 Å². The highest BCUT2D eigenvalue weighted by Crippen LogP contribution is 2.24. The highest BCUT2D eigenvalue weighted by atomic mass is 79.9. The van der Waals surface area contributed by atoms with E-state index < -0.39 is 0 Å². The third-order valence-electron chi connectivity index (χ3n) is 2.29. The van der Waals surface area contributed by atoms with Crippen molar-refractivity contribution in [2.24, 2.45) is 0 Å². The lowest BCUT2D eigenvalue weighted by molar-refractivity contribution is -0.127. The van der Waals surface area contributed by atoms with Crippen molar-refractivity contribution in [1.29, 1.82) is 0 Å². The number of aromatic hydroxyl groups is 1. The average Bonchev–Trinajstić information content (AvgIpc) is 2.29. The fourth-order valence-electron chi connectivity index (χ4n) is 1.23. The van der Waals surface area contributed by atoms with Crippen LogP contribution in [0.2, 0.25) is 0 Å². The standard InChI is InChI=1S/C11H13BrClNO2/c1-14(11(16)7-13)5-4-8-2-3-10(15)9(12)6-8/h2-3,6,15H,4-5,7H2,1H3. The number of rotatable bonds is 4. The molecule has 0 aliphatic rings. The number of hydrogen-bond acceptors (Lipinski definition) is 2. The summed E-state index contributed by atoms with van der Waals surface area (Å²) in [5.74, 6) is 0.143. The summed E-state index contributed by atoms with van der Waals surface area (Å²) >= 11 is 8.69. The van der Waals surface area contributed by atoms with Crippen molar-refractivity contribution in [1.82, 2.24) is 4.90 Å².